The number of esters is 2. The summed E-state index contributed by atoms with van der Waals surface area (Å²) in [5.74, 6) is -0.828. The summed E-state index contributed by atoms with van der Waals surface area (Å²) in [5, 5.41) is 0. The van der Waals surface area contributed by atoms with E-state index in [4.69, 9.17) is 24.3 Å². The van der Waals surface area contributed by atoms with Crippen LogP contribution in [0, 0.1) is 0 Å². The van der Waals surface area contributed by atoms with E-state index in [0.29, 0.717) is 6.42 Å². The van der Waals surface area contributed by atoms with Crippen molar-refractivity contribution in [1.29, 1.82) is 0 Å². The fourth-order valence-electron chi connectivity index (χ4n) is 9.59. The Kier molecular flexibility index (Phi) is 65.1. The molecule has 0 spiro atoms. The predicted molar refractivity (Wildman–Crippen MR) is 358 cm³/mol. The SMILES string of the molecule is CC/C=C\C/C=C\C/C=C\C/C=C\C/C=C\C/C=C\CCCCCCCCCCCCCCCCCCCCCCC(=O)OC(COC(=O)CCCCCCCCCC/C=C\C/C=C\C/C=C\CCCCCCC)COP(=O)(O)OCCN. The average Bonchev–Trinajstić information content (AvgIpc) is 3.48. The molecule has 0 radical (unpaired) electrons. The van der Waals surface area contributed by atoms with Crippen molar-refractivity contribution in [2.45, 2.75) is 315 Å². The quantitative estimate of drug-likeness (QED) is 0.0264. The van der Waals surface area contributed by atoms with Crippen LogP contribution in [0.5, 0.6) is 0 Å². The molecule has 478 valence electrons. The summed E-state index contributed by atoms with van der Waals surface area (Å²) >= 11 is 0. The lowest BCUT2D eigenvalue weighted by molar-refractivity contribution is -0.161. The summed E-state index contributed by atoms with van der Waals surface area (Å²) in [6.07, 6.45) is 93.2. The van der Waals surface area contributed by atoms with Crippen molar-refractivity contribution in [2.75, 3.05) is 26.4 Å². The summed E-state index contributed by atoms with van der Waals surface area (Å²) in [4.78, 5) is 35.3. The number of phosphoric acid groups is 1. The van der Waals surface area contributed by atoms with Gasteiger partial charge in [0.05, 0.1) is 13.2 Å². The maximum absolute atomic E-state index is 12.8. The minimum absolute atomic E-state index is 0.0497. The Morgan fingerprint density at radius 3 is 0.988 bits per heavy atom. The monoisotopic (exact) mass is 1180 g/mol. The Morgan fingerprint density at radius 1 is 0.373 bits per heavy atom. The first-order valence-corrected chi connectivity index (χ1v) is 35.9. The van der Waals surface area contributed by atoms with Gasteiger partial charge in [-0.1, -0.05) is 303 Å². The Bertz CT molecular complexity index is 1730. The molecule has 9 nitrogen and oxygen atoms in total. The molecule has 0 aromatic heterocycles. The molecule has 0 amide bonds. The number of unbranched alkanes of at least 4 members (excludes halogenated alkanes) is 33. The zero-order valence-electron chi connectivity index (χ0n) is 53.7. The molecule has 2 unspecified atom stereocenters. The molecule has 83 heavy (non-hydrogen) atoms. The topological polar surface area (TPSA) is 134 Å². The minimum Gasteiger partial charge on any atom is -0.462 e. The summed E-state index contributed by atoms with van der Waals surface area (Å²) in [7, 11) is -4.40. The van der Waals surface area contributed by atoms with Crippen LogP contribution in [0.15, 0.2) is 109 Å². The van der Waals surface area contributed by atoms with E-state index in [9.17, 15) is 19.0 Å². The predicted octanol–water partition coefficient (Wildman–Crippen LogP) is 22.5. The second kappa shape index (κ2) is 67.8. The molecule has 0 rings (SSSR count). The van der Waals surface area contributed by atoms with Crippen LogP contribution >= 0.6 is 7.82 Å². The molecule has 3 N–H and O–H groups in total. The van der Waals surface area contributed by atoms with Gasteiger partial charge in [-0.25, -0.2) is 4.57 Å². The lowest BCUT2D eigenvalue weighted by Gasteiger charge is -2.19. The van der Waals surface area contributed by atoms with Gasteiger partial charge in [0.2, 0.25) is 0 Å². The van der Waals surface area contributed by atoms with Crippen LogP contribution in [0.3, 0.4) is 0 Å². The third kappa shape index (κ3) is 67.7. The molecule has 0 aromatic rings. The van der Waals surface area contributed by atoms with E-state index in [1.54, 1.807) is 0 Å². The van der Waals surface area contributed by atoms with E-state index < -0.39 is 26.5 Å². The summed E-state index contributed by atoms with van der Waals surface area (Å²) in [5.41, 5.74) is 5.40. The highest BCUT2D eigenvalue weighted by molar-refractivity contribution is 7.47. The molecule has 0 fully saturated rings. The summed E-state index contributed by atoms with van der Waals surface area (Å²) in [6.45, 7) is 3.64. The van der Waals surface area contributed by atoms with Gasteiger partial charge in [-0.05, 0) is 103 Å². The van der Waals surface area contributed by atoms with E-state index in [0.717, 1.165) is 103 Å². The van der Waals surface area contributed by atoms with Crippen LogP contribution in [-0.4, -0.2) is 49.3 Å². The molecule has 2 atom stereocenters. The Morgan fingerprint density at radius 2 is 0.663 bits per heavy atom. The van der Waals surface area contributed by atoms with Crippen LogP contribution in [0.1, 0.15) is 309 Å². The van der Waals surface area contributed by atoms with Gasteiger partial charge >= 0.3 is 19.8 Å². The van der Waals surface area contributed by atoms with E-state index in [2.05, 4.69) is 123 Å². The summed E-state index contributed by atoms with van der Waals surface area (Å²) < 4.78 is 33.1. The molecule has 0 heterocycles. The van der Waals surface area contributed by atoms with Crippen molar-refractivity contribution in [2.24, 2.45) is 5.73 Å². The smallest absolute Gasteiger partial charge is 0.462 e. The van der Waals surface area contributed by atoms with Gasteiger partial charge in [0, 0.05) is 19.4 Å². The van der Waals surface area contributed by atoms with E-state index in [1.807, 2.05) is 0 Å². The first-order chi connectivity index (χ1) is 40.8. The molecule has 0 aromatic carbocycles. The number of hydrogen-bond donors (Lipinski definition) is 2. The standard InChI is InChI=1S/C73H128NO8P/c1-3-5-7-9-11-13-15-17-19-21-23-25-27-28-29-30-31-32-33-34-35-36-37-38-39-40-41-42-44-46-48-50-52-54-56-58-60-62-64-66-73(76)82-71(70-81-83(77,78)80-68-67-74)69-79-72(75)65-63-61-59-57-55-53-51-49-47-45-43-26-24-22-20-18-16-14-12-10-8-6-4-2/h5,7,11,13,16-19,22-25,28-29,31-32,43,45,71H,3-4,6,8-10,12,14-15,20-21,26-27,30,33-42,44,46-70,74H2,1-2H3,(H,77,78)/b7-5-,13-11-,18-16-,19-17-,24-22-,25-23-,29-28-,32-31-,45-43-. The highest BCUT2D eigenvalue weighted by atomic mass is 31.2. The van der Waals surface area contributed by atoms with Gasteiger partial charge in [-0.2, -0.15) is 0 Å². The highest BCUT2D eigenvalue weighted by Crippen LogP contribution is 2.43. The number of allylic oxidation sites excluding steroid dienone is 18. The van der Waals surface area contributed by atoms with Gasteiger partial charge < -0.3 is 20.1 Å². The maximum Gasteiger partial charge on any atom is 0.472 e. The van der Waals surface area contributed by atoms with Gasteiger partial charge in [0.15, 0.2) is 6.10 Å². The van der Waals surface area contributed by atoms with Crippen molar-refractivity contribution >= 4 is 19.8 Å². The normalized spacial score (nSPS) is 13.6. The zero-order chi connectivity index (χ0) is 60.1. The van der Waals surface area contributed by atoms with Crippen molar-refractivity contribution in [1.82, 2.24) is 0 Å². The average molecular weight is 1180 g/mol. The molecule has 0 saturated carbocycles. The van der Waals surface area contributed by atoms with Crippen molar-refractivity contribution in [3.63, 3.8) is 0 Å². The molecule has 0 aliphatic heterocycles. The lowest BCUT2D eigenvalue weighted by atomic mass is 10.0. The number of rotatable bonds is 64. The fourth-order valence-corrected chi connectivity index (χ4v) is 10.4. The molecule has 0 bridgehead atoms. The van der Waals surface area contributed by atoms with Crippen molar-refractivity contribution < 1.29 is 37.6 Å². The number of phosphoric ester groups is 1. The Labute approximate surface area is 511 Å². The first-order valence-electron chi connectivity index (χ1n) is 34.4. The van der Waals surface area contributed by atoms with Crippen molar-refractivity contribution in [3.8, 4) is 0 Å². The Hall–Kier alpha value is -3.33. The number of hydrogen-bond acceptors (Lipinski definition) is 8. The molecule has 0 aliphatic carbocycles. The first kappa shape index (κ1) is 79.7. The molecule has 10 heteroatoms. The molecular formula is C73H128NO8P. The van der Waals surface area contributed by atoms with Crippen LogP contribution in [-0.2, 0) is 32.7 Å². The minimum atomic E-state index is -4.40. The van der Waals surface area contributed by atoms with Gasteiger partial charge in [0.1, 0.15) is 6.61 Å². The highest BCUT2D eigenvalue weighted by Gasteiger charge is 2.26. The number of ether oxygens (including phenoxy) is 2. The third-order valence-electron chi connectivity index (χ3n) is 14.6. The van der Waals surface area contributed by atoms with Crippen LogP contribution < -0.4 is 5.73 Å². The Balaban J connectivity index is 3.86. The molecule has 0 saturated heterocycles. The second-order valence-corrected chi connectivity index (χ2v) is 24.1. The molecule has 0 aliphatic rings. The van der Waals surface area contributed by atoms with E-state index >= 15 is 0 Å². The van der Waals surface area contributed by atoms with Crippen molar-refractivity contribution in [3.05, 3.63) is 109 Å². The molecular weight excluding hydrogens is 1050 g/mol. The number of nitrogens with two attached hydrogens (primary N) is 1. The van der Waals surface area contributed by atoms with E-state index in [-0.39, 0.29) is 38.6 Å². The van der Waals surface area contributed by atoms with Gasteiger partial charge in [-0.3, -0.25) is 18.6 Å². The number of carbonyl (C=O) groups excluding carboxylic acids is 2. The van der Waals surface area contributed by atoms with Crippen LogP contribution in [0.4, 0.5) is 0 Å². The zero-order valence-corrected chi connectivity index (χ0v) is 54.5. The maximum atomic E-state index is 12.8. The third-order valence-corrected chi connectivity index (χ3v) is 15.6. The second-order valence-electron chi connectivity index (χ2n) is 22.7. The largest absolute Gasteiger partial charge is 0.472 e. The fraction of sp³-hybridized carbons (Fsp3) is 0.726. The van der Waals surface area contributed by atoms with Gasteiger partial charge in [-0.15, -0.1) is 0 Å². The van der Waals surface area contributed by atoms with Gasteiger partial charge in [0.25, 0.3) is 0 Å². The summed E-state index contributed by atoms with van der Waals surface area (Å²) in [6, 6.07) is 0. The van der Waals surface area contributed by atoms with Crippen LogP contribution in [0.25, 0.3) is 0 Å². The lowest BCUT2D eigenvalue weighted by Crippen LogP contribution is -2.29. The number of carbonyl (C=O) groups is 2. The van der Waals surface area contributed by atoms with E-state index in [1.165, 1.54) is 173 Å². The van der Waals surface area contributed by atoms with Crippen LogP contribution in [0.2, 0.25) is 0 Å².